The number of halogens is 3. The summed E-state index contributed by atoms with van der Waals surface area (Å²) in [6.07, 6.45) is 0. The molecular formula is C9H15F3N2O3S. The summed E-state index contributed by atoms with van der Waals surface area (Å²) in [5.74, 6) is -0.218. The van der Waals surface area contributed by atoms with Crippen molar-refractivity contribution in [2.45, 2.75) is 32.3 Å². The highest BCUT2D eigenvalue weighted by molar-refractivity contribution is 7.90. The molecule has 0 atom stereocenters. The molecule has 0 saturated carbocycles. The van der Waals surface area contributed by atoms with Crippen LogP contribution in [-0.2, 0) is 14.8 Å². The smallest absolute Gasteiger partial charge is 0.339 e. The molecule has 0 unspecified atom stereocenters. The molecule has 0 aromatic rings. The Balaban J connectivity index is 2.53. The number of alkyl halides is 3. The summed E-state index contributed by atoms with van der Waals surface area (Å²) < 4.78 is 59.3. The summed E-state index contributed by atoms with van der Waals surface area (Å²) in [5.41, 5.74) is -5.95. The fourth-order valence-corrected chi connectivity index (χ4v) is 2.20. The van der Waals surface area contributed by atoms with Crippen molar-refractivity contribution in [2.75, 3.05) is 13.1 Å². The zero-order valence-electron chi connectivity index (χ0n) is 10.2. The summed E-state index contributed by atoms with van der Waals surface area (Å²) in [6, 6.07) is -0.872. The lowest BCUT2D eigenvalue weighted by Gasteiger charge is -2.42. The third kappa shape index (κ3) is 3.14. The van der Waals surface area contributed by atoms with Crippen molar-refractivity contribution < 1.29 is 26.4 Å². The standard InChI is InChI=1S/C9H15F3N2O3S/c1-8(2,3)7(15)14-4-6(5-14)13-18(16,17)9(10,11)12/h6,13H,4-5H2,1-3H3. The van der Waals surface area contributed by atoms with Gasteiger partial charge in [-0.1, -0.05) is 20.8 Å². The second-order valence-electron chi connectivity index (χ2n) is 5.22. The maximum atomic E-state index is 12.1. The molecule has 1 aliphatic rings. The van der Waals surface area contributed by atoms with E-state index in [4.69, 9.17) is 0 Å². The highest BCUT2D eigenvalue weighted by Gasteiger charge is 2.49. The van der Waals surface area contributed by atoms with Crippen molar-refractivity contribution in [1.82, 2.24) is 9.62 Å². The Bertz CT molecular complexity index is 433. The van der Waals surface area contributed by atoms with Crippen LogP contribution >= 0.6 is 0 Å². The normalized spacial score (nSPS) is 18.7. The average molecular weight is 288 g/mol. The number of hydrogen-bond acceptors (Lipinski definition) is 3. The fourth-order valence-electron chi connectivity index (χ4n) is 1.48. The molecular weight excluding hydrogens is 273 g/mol. The molecule has 1 saturated heterocycles. The van der Waals surface area contributed by atoms with Crippen molar-refractivity contribution in [3.05, 3.63) is 0 Å². The minimum Gasteiger partial charge on any atom is -0.339 e. The van der Waals surface area contributed by atoms with Crippen LogP contribution in [0.4, 0.5) is 13.2 Å². The van der Waals surface area contributed by atoms with E-state index in [0.29, 0.717) is 0 Å². The van der Waals surface area contributed by atoms with Crippen LogP contribution in [0.5, 0.6) is 0 Å². The SMILES string of the molecule is CC(C)(C)C(=O)N1CC(NS(=O)(=O)C(F)(F)F)C1. The first-order valence-electron chi connectivity index (χ1n) is 5.22. The Morgan fingerprint density at radius 1 is 1.22 bits per heavy atom. The molecule has 1 amide bonds. The Morgan fingerprint density at radius 2 is 1.67 bits per heavy atom. The Kier molecular flexibility index (Phi) is 3.70. The van der Waals surface area contributed by atoms with Crippen LogP contribution in [0, 0.1) is 5.41 Å². The van der Waals surface area contributed by atoms with Gasteiger partial charge in [0.15, 0.2) is 0 Å². The lowest BCUT2D eigenvalue weighted by molar-refractivity contribution is -0.144. The molecule has 0 aliphatic carbocycles. The van der Waals surface area contributed by atoms with Crippen LogP contribution < -0.4 is 4.72 Å². The predicted molar refractivity (Wildman–Crippen MR) is 57.9 cm³/mol. The number of rotatable bonds is 2. The van der Waals surface area contributed by atoms with E-state index in [1.54, 1.807) is 20.8 Å². The molecule has 1 rings (SSSR count). The maximum absolute atomic E-state index is 12.1. The van der Waals surface area contributed by atoms with E-state index in [1.807, 2.05) is 0 Å². The van der Waals surface area contributed by atoms with Crippen LogP contribution in [-0.4, -0.2) is 43.9 Å². The molecule has 9 heteroatoms. The molecule has 0 radical (unpaired) electrons. The summed E-state index contributed by atoms with van der Waals surface area (Å²) >= 11 is 0. The topological polar surface area (TPSA) is 66.5 Å². The number of likely N-dealkylation sites (tertiary alicyclic amines) is 1. The summed E-state index contributed by atoms with van der Waals surface area (Å²) in [6.45, 7) is 4.98. The molecule has 18 heavy (non-hydrogen) atoms. The summed E-state index contributed by atoms with van der Waals surface area (Å²) in [4.78, 5) is 13.0. The van der Waals surface area contributed by atoms with E-state index >= 15 is 0 Å². The number of hydrogen-bond donors (Lipinski definition) is 1. The zero-order chi connectivity index (χ0) is 14.4. The largest absolute Gasteiger partial charge is 0.511 e. The second kappa shape index (κ2) is 4.37. The van der Waals surface area contributed by atoms with Gasteiger partial charge in [0.05, 0.1) is 6.04 Å². The Hall–Kier alpha value is -0.830. The molecule has 5 nitrogen and oxygen atoms in total. The molecule has 0 bridgehead atoms. The summed E-state index contributed by atoms with van der Waals surface area (Å²) in [7, 11) is -5.33. The molecule has 1 aliphatic heterocycles. The maximum Gasteiger partial charge on any atom is 0.511 e. The average Bonchev–Trinajstić information content (AvgIpc) is 2.05. The first-order chi connectivity index (χ1) is 7.84. The Morgan fingerprint density at radius 3 is 2.00 bits per heavy atom. The van der Waals surface area contributed by atoms with Crippen LogP contribution in [0.15, 0.2) is 0 Å². The molecule has 1 heterocycles. The minimum absolute atomic E-state index is 0.0363. The van der Waals surface area contributed by atoms with Crippen LogP contribution in [0.2, 0.25) is 0 Å². The van der Waals surface area contributed by atoms with Gasteiger partial charge in [-0.25, -0.2) is 13.1 Å². The van der Waals surface area contributed by atoms with Gasteiger partial charge in [0.1, 0.15) is 0 Å². The molecule has 0 aromatic heterocycles. The zero-order valence-corrected chi connectivity index (χ0v) is 11.0. The highest BCUT2D eigenvalue weighted by Crippen LogP contribution is 2.25. The lowest BCUT2D eigenvalue weighted by atomic mass is 9.92. The Labute approximate surface area is 103 Å². The monoisotopic (exact) mass is 288 g/mol. The van der Waals surface area contributed by atoms with Crippen molar-refractivity contribution in [2.24, 2.45) is 5.41 Å². The van der Waals surface area contributed by atoms with Crippen molar-refractivity contribution in [3.63, 3.8) is 0 Å². The van der Waals surface area contributed by atoms with Gasteiger partial charge in [-0.3, -0.25) is 4.79 Å². The molecule has 1 fully saturated rings. The quantitative estimate of drug-likeness (QED) is 0.812. The van der Waals surface area contributed by atoms with E-state index in [1.165, 1.54) is 9.62 Å². The molecule has 106 valence electrons. The van der Waals surface area contributed by atoms with E-state index in [-0.39, 0.29) is 19.0 Å². The molecule has 0 aromatic carbocycles. The van der Waals surface area contributed by atoms with Gasteiger partial charge < -0.3 is 4.90 Å². The number of amides is 1. The van der Waals surface area contributed by atoms with E-state index in [2.05, 4.69) is 0 Å². The third-order valence-corrected chi connectivity index (χ3v) is 3.69. The van der Waals surface area contributed by atoms with Crippen molar-refractivity contribution >= 4 is 15.9 Å². The van der Waals surface area contributed by atoms with Gasteiger partial charge in [0.2, 0.25) is 5.91 Å². The number of sulfonamides is 1. The van der Waals surface area contributed by atoms with E-state index in [0.717, 1.165) is 0 Å². The minimum atomic E-state index is -5.33. The van der Waals surface area contributed by atoms with Crippen LogP contribution in [0.25, 0.3) is 0 Å². The van der Waals surface area contributed by atoms with Gasteiger partial charge in [-0.05, 0) is 0 Å². The van der Waals surface area contributed by atoms with Gasteiger partial charge in [-0.15, -0.1) is 0 Å². The van der Waals surface area contributed by atoms with Gasteiger partial charge >= 0.3 is 15.5 Å². The fraction of sp³-hybridized carbons (Fsp3) is 0.889. The van der Waals surface area contributed by atoms with Crippen molar-refractivity contribution in [3.8, 4) is 0 Å². The van der Waals surface area contributed by atoms with E-state index < -0.39 is 27.0 Å². The first kappa shape index (κ1) is 15.2. The highest BCUT2D eigenvalue weighted by atomic mass is 32.2. The number of carbonyl (C=O) groups excluding carboxylic acids is 1. The molecule has 1 N–H and O–H groups in total. The number of nitrogens with one attached hydrogen (secondary N) is 1. The van der Waals surface area contributed by atoms with Crippen LogP contribution in [0.3, 0.4) is 0 Å². The predicted octanol–water partition coefficient (Wildman–Crippen LogP) is 0.683. The summed E-state index contributed by atoms with van der Waals surface area (Å²) in [5, 5.41) is 0. The van der Waals surface area contributed by atoms with Crippen molar-refractivity contribution in [1.29, 1.82) is 0 Å². The molecule has 0 spiro atoms. The lowest BCUT2D eigenvalue weighted by Crippen LogP contribution is -2.63. The second-order valence-corrected chi connectivity index (χ2v) is 6.93. The first-order valence-corrected chi connectivity index (χ1v) is 6.71. The number of carbonyl (C=O) groups is 1. The van der Waals surface area contributed by atoms with Crippen LogP contribution in [0.1, 0.15) is 20.8 Å². The van der Waals surface area contributed by atoms with Gasteiger partial charge in [0.25, 0.3) is 0 Å². The van der Waals surface area contributed by atoms with E-state index in [9.17, 15) is 26.4 Å². The number of nitrogens with zero attached hydrogens (tertiary/aromatic N) is 1. The van der Waals surface area contributed by atoms with Gasteiger partial charge in [0, 0.05) is 18.5 Å². The van der Waals surface area contributed by atoms with Gasteiger partial charge in [-0.2, -0.15) is 13.2 Å². The third-order valence-electron chi connectivity index (χ3n) is 2.44.